The summed E-state index contributed by atoms with van der Waals surface area (Å²) in [4.78, 5) is 3.28. The number of hydrogen-bond acceptors (Lipinski definition) is 4. The van der Waals surface area contributed by atoms with Crippen molar-refractivity contribution >= 4 is 20.7 Å². The molecule has 0 aliphatic rings. The van der Waals surface area contributed by atoms with Gasteiger partial charge >= 0.3 is 0 Å². The Hall–Kier alpha value is -2.47. The molecular formula is C16H15NO4S. The Kier molecular flexibility index (Phi) is 3.54. The highest BCUT2D eigenvalue weighted by Crippen LogP contribution is 2.35. The van der Waals surface area contributed by atoms with Gasteiger partial charge in [0, 0.05) is 23.2 Å². The third-order valence-corrected chi connectivity index (χ3v) is 5.32. The van der Waals surface area contributed by atoms with Crippen LogP contribution < -0.4 is 9.47 Å². The van der Waals surface area contributed by atoms with E-state index in [1.54, 1.807) is 24.3 Å². The van der Waals surface area contributed by atoms with E-state index in [1.807, 2.05) is 12.1 Å². The van der Waals surface area contributed by atoms with Crippen molar-refractivity contribution in [2.45, 2.75) is 9.79 Å². The van der Waals surface area contributed by atoms with Gasteiger partial charge in [-0.25, -0.2) is 8.42 Å². The van der Waals surface area contributed by atoms with E-state index in [9.17, 15) is 8.42 Å². The molecule has 0 fully saturated rings. The van der Waals surface area contributed by atoms with Crippen molar-refractivity contribution in [3.05, 3.63) is 48.7 Å². The van der Waals surface area contributed by atoms with Crippen LogP contribution >= 0.6 is 0 Å². The maximum atomic E-state index is 13.0. The summed E-state index contributed by atoms with van der Waals surface area (Å²) in [5, 5.41) is 0.646. The van der Waals surface area contributed by atoms with Gasteiger partial charge in [0.25, 0.3) is 0 Å². The molecule has 0 atom stereocenters. The van der Waals surface area contributed by atoms with Crippen molar-refractivity contribution in [3.8, 4) is 11.5 Å². The Morgan fingerprint density at radius 3 is 2.45 bits per heavy atom. The summed E-state index contributed by atoms with van der Waals surface area (Å²) in [5.41, 5.74) is 0.767. The zero-order chi connectivity index (χ0) is 15.7. The molecule has 22 heavy (non-hydrogen) atoms. The lowest BCUT2D eigenvalue weighted by atomic mass is 10.2. The summed E-state index contributed by atoms with van der Waals surface area (Å²) in [7, 11) is -0.803. The zero-order valence-corrected chi connectivity index (χ0v) is 13.0. The van der Waals surface area contributed by atoms with Crippen LogP contribution in [0.4, 0.5) is 0 Å². The molecule has 6 heteroatoms. The van der Waals surface area contributed by atoms with Gasteiger partial charge in [0.05, 0.1) is 19.1 Å². The molecule has 0 radical (unpaired) electrons. The van der Waals surface area contributed by atoms with E-state index >= 15 is 0 Å². The number of sulfone groups is 1. The summed E-state index contributed by atoms with van der Waals surface area (Å²) in [6.07, 6.45) is 1.50. The lowest BCUT2D eigenvalue weighted by Crippen LogP contribution is -2.04. The van der Waals surface area contributed by atoms with Crippen LogP contribution in [0.3, 0.4) is 0 Å². The number of aromatic amines is 1. The number of fused-ring (bicyclic) bond motifs is 1. The summed E-state index contributed by atoms with van der Waals surface area (Å²) >= 11 is 0. The van der Waals surface area contributed by atoms with Gasteiger partial charge in [0.2, 0.25) is 9.84 Å². The lowest BCUT2D eigenvalue weighted by molar-refractivity contribution is 0.392. The van der Waals surface area contributed by atoms with Gasteiger partial charge in [-0.3, -0.25) is 0 Å². The smallest absolute Gasteiger partial charge is 0.212 e. The van der Waals surface area contributed by atoms with Gasteiger partial charge in [0.1, 0.15) is 16.4 Å². The Balaban J connectivity index is 2.26. The molecule has 2 aromatic carbocycles. The fourth-order valence-corrected chi connectivity index (χ4v) is 3.99. The molecule has 0 amide bonds. The third-order valence-electron chi connectivity index (χ3n) is 3.50. The predicted octanol–water partition coefficient (Wildman–Crippen LogP) is 3.02. The molecule has 0 saturated heterocycles. The van der Waals surface area contributed by atoms with Crippen LogP contribution in [0.1, 0.15) is 0 Å². The van der Waals surface area contributed by atoms with Gasteiger partial charge in [-0.15, -0.1) is 0 Å². The van der Waals surface area contributed by atoms with E-state index in [4.69, 9.17) is 9.47 Å². The minimum absolute atomic E-state index is 0.0825. The quantitative estimate of drug-likeness (QED) is 0.803. The molecule has 0 bridgehead atoms. The Morgan fingerprint density at radius 2 is 1.73 bits per heavy atom. The molecule has 1 heterocycles. The van der Waals surface area contributed by atoms with Crippen LogP contribution in [0.15, 0.2) is 58.5 Å². The van der Waals surface area contributed by atoms with Crippen molar-refractivity contribution in [2.75, 3.05) is 14.2 Å². The number of para-hydroxylation sites is 1. The van der Waals surface area contributed by atoms with Gasteiger partial charge in [-0.1, -0.05) is 18.2 Å². The van der Waals surface area contributed by atoms with Crippen molar-refractivity contribution in [1.29, 1.82) is 0 Å². The number of H-pyrrole nitrogens is 1. The van der Waals surface area contributed by atoms with Gasteiger partial charge < -0.3 is 14.5 Å². The summed E-state index contributed by atoms with van der Waals surface area (Å²) < 4.78 is 36.3. The Morgan fingerprint density at radius 1 is 0.955 bits per heavy atom. The average molecular weight is 317 g/mol. The monoisotopic (exact) mass is 317 g/mol. The van der Waals surface area contributed by atoms with Crippen LogP contribution in [0.2, 0.25) is 0 Å². The second kappa shape index (κ2) is 5.38. The topological polar surface area (TPSA) is 68.4 Å². The zero-order valence-electron chi connectivity index (χ0n) is 12.2. The average Bonchev–Trinajstić information content (AvgIpc) is 2.99. The normalized spacial score (nSPS) is 11.5. The molecule has 0 spiro atoms. The number of ether oxygens (including phenoxy) is 2. The fourth-order valence-electron chi connectivity index (χ4n) is 2.38. The molecule has 1 N–H and O–H groups in total. The van der Waals surface area contributed by atoms with E-state index in [0.717, 1.165) is 5.52 Å². The highest BCUT2D eigenvalue weighted by Gasteiger charge is 2.25. The van der Waals surface area contributed by atoms with Crippen LogP contribution in [-0.2, 0) is 9.84 Å². The van der Waals surface area contributed by atoms with E-state index < -0.39 is 9.84 Å². The maximum absolute atomic E-state index is 13.0. The molecular weight excluding hydrogens is 302 g/mol. The van der Waals surface area contributed by atoms with Crippen LogP contribution in [0.25, 0.3) is 10.9 Å². The van der Waals surface area contributed by atoms with Crippen molar-refractivity contribution in [1.82, 2.24) is 4.98 Å². The summed E-state index contributed by atoms with van der Waals surface area (Å²) in [6.45, 7) is 0. The SMILES string of the molecule is COc1ccc(OC)c(S(=O)(=O)c2c[nH]c3ccccc23)c1. The lowest BCUT2D eigenvalue weighted by Gasteiger charge is -2.10. The van der Waals surface area contributed by atoms with Gasteiger partial charge in [-0.2, -0.15) is 0 Å². The molecule has 5 nitrogen and oxygen atoms in total. The Labute approximate surface area is 128 Å². The largest absolute Gasteiger partial charge is 0.497 e. The number of hydrogen-bond donors (Lipinski definition) is 1. The number of benzene rings is 2. The molecule has 0 saturated carbocycles. The Bertz CT molecular complexity index is 928. The minimum Gasteiger partial charge on any atom is -0.497 e. The number of rotatable bonds is 4. The molecule has 1 aromatic heterocycles. The second-order valence-corrected chi connectivity index (χ2v) is 6.61. The fraction of sp³-hybridized carbons (Fsp3) is 0.125. The van der Waals surface area contributed by atoms with Crippen molar-refractivity contribution in [3.63, 3.8) is 0 Å². The molecule has 3 aromatic rings. The first-order valence-electron chi connectivity index (χ1n) is 6.61. The standard InChI is InChI=1S/C16H15NO4S/c1-20-11-7-8-14(21-2)15(9-11)22(18,19)16-10-17-13-6-4-3-5-12(13)16/h3-10,17H,1-2H3. The van der Waals surface area contributed by atoms with E-state index in [1.165, 1.54) is 26.5 Å². The molecule has 114 valence electrons. The van der Waals surface area contributed by atoms with Gasteiger partial charge in [0.15, 0.2) is 0 Å². The molecule has 0 unspecified atom stereocenters. The first-order valence-corrected chi connectivity index (χ1v) is 8.09. The third kappa shape index (κ3) is 2.21. The second-order valence-electron chi connectivity index (χ2n) is 4.72. The highest BCUT2D eigenvalue weighted by atomic mass is 32.2. The van der Waals surface area contributed by atoms with Gasteiger partial charge in [-0.05, 0) is 18.2 Å². The minimum atomic E-state index is -3.73. The van der Waals surface area contributed by atoms with Crippen LogP contribution in [0, 0.1) is 0 Å². The first-order chi connectivity index (χ1) is 10.6. The van der Waals surface area contributed by atoms with Crippen molar-refractivity contribution < 1.29 is 17.9 Å². The van der Waals surface area contributed by atoms with Crippen LogP contribution in [0.5, 0.6) is 11.5 Å². The number of nitrogens with one attached hydrogen (secondary N) is 1. The van der Waals surface area contributed by atoms with Crippen LogP contribution in [-0.4, -0.2) is 27.6 Å². The molecule has 0 aliphatic heterocycles. The van der Waals surface area contributed by atoms with E-state index in [0.29, 0.717) is 11.1 Å². The van der Waals surface area contributed by atoms with Crippen molar-refractivity contribution in [2.24, 2.45) is 0 Å². The maximum Gasteiger partial charge on any atom is 0.212 e. The molecule has 3 rings (SSSR count). The van der Waals surface area contributed by atoms with E-state index in [-0.39, 0.29) is 15.5 Å². The summed E-state index contributed by atoms with van der Waals surface area (Å²) in [5.74, 6) is 0.741. The first kappa shape index (κ1) is 14.5. The predicted molar refractivity (Wildman–Crippen MR) is 83.3 cm³/mol. The molecule has 0 aliphatic carbocycles. The highest BCUT2D eigenvalue weighted by molar-refractivity contribution is 7.91. The number of methoxy groups -OCH3 is 2. The van der Waals surface area contributed by atoms with E-state index in [2.05, 4.69) is 4.98 Å². The number of aromatic nitrogens is 1. The summed E-state index contributed by atoms with van der Waals surface area (Å²) in [6, 6.07) is 12.0.